The van der Waals surface area contributed by atoms with E-state index >= 15 is 0 Å². The van der Waals surface area contributed by atoms with Crippen molar-refractivity contribution < 1.29 is 9.90 Å². The van der Waals surface area contributed by atoms with Crippen molar-refractivity contribution in [2.45, 2.75) is 37.8 Å². The Hall–Kier alpha value is -2.66. The third-order valence-electron chi connectivity index (χ3n) is 5.24. The standard InChI is InChI=1S/C21H23N3O2/c25-16-11-15(12-16)21(19-7-3-4-10-22-19)24-20(26)9-8-14-13-23-18-6-2-1-5-17(14)18/h1-7,10,13,15-16,21,23,25H,8-9,11-12H2,(H,24,26)/t15?,16?,21-/m1/s1. The summed E-state index contributed by atoms with van der Waals surface area (Å²) >= 11 is 0. The number of aliphatic hydroxyl groups is 1. The fourth-order valence-corrected chi connectivity index (χ4v) is 3.73. The molecule has 2 heterocycles. The summed E-state index contributed by atoms with van der Waals surface area (Å²) in [5.74, 6) is 0.268. The van der Waals surface area contributed by atoms with Crippen LogP contribution in [0.3, 0.4) is 0 Å². The number of para-hydroxylation sites is 1. The van der Waals surface area contributed by atoms with E-state index in [1.165, 1.54) is 5.39 Å². The quantitative estimate of drug-likeness (QED) is 0.640. The smallest absolute Gasteiger partial charge is 0.220 e. The van der Waals surface area contributed by atoms with E-state index in [0.717, 1.165) is 16.8 Å². The third kappa shape index (κ3) is 3.48. The average molecular weight is 349 g/mol. The normalized spacial score (nSPS) is 20.5. The number of aromatic nitrogens is 2. The number of rotatable bonds is 6. The monoisotopic (exact) mass is 349 g/mol. The minimum Gasteiger partial charge on any atom is -0.393 e. The van der Waals surface area contributed by atoms with Gasteiger partial charge >= 0.3 is 0 Å². The summed E-state index contributed by atoms with van der Waals surface area (Å²) in [5, 5.41) is 14.0. The highest BCUT2D eigenvalue weighted by Gasteiger charge is 2.36. The molecule has 1 aromatic carbocycles. The van der Waals surface area contributed by atoms with E-state index in [0.29, 0.717) is 25.7 Å². The molecule has 1 atom stereocenters. The van der Waals surface area contributed by atoms with Crippen LogP contribution in [-0.4, -0.2) is 27.1 Å². The second-order valence-electron chi connectivity index (χ2n) is 7.04. The van der Waals surface area contributed by atoms with Crippen molar-refractivity contribution >= 4 is 16.8 Å². The number of fused-ring (bicyclic) bond motifs is 1. The number of pyridine rings is 1. The number of aromatic amines is 1. The first-order valence-electron chi connectivity index (χ1n) is 9.14. The van der Waals surface area contributed by atoms with Crippen molar-refractivity contribution in [3.8, 4) is 0 Å². The highest BCUT2D eigenvalue weighted by atomic mass is 16.3. The molecule has 1 amide bonds. The Bertz CT molecular complexity index is 884. The first-order valence-corrected chi connectivity index (χ1v) is 9.14. The Labute approximate surface area is 152 Å². The van der Waals surface area contributed by atoms with Crippen molar-refractivity contribution in [3.05, 3.63) is 66.1 Å². The number of H-pyrrole nitrogens is 1. The van der Waals surface area contributed by atoms with Crippen molar-refractivity contribution in [1.82, 2.24) is 15.3 Å². The zero-order chi connectivity index (χ0) is 17.9. The van der Waals surface area contributed by atoms with E-state index in [-0.39, 0.29) is 24.0 Å². The lowest BCUT2D eigenvalue weighted by Gasteiger charge is -2.37. The second kappa shape index (κ2) is 7.30. The van der Waals surface area contributed by atoms with Crippen LogP contribution in [0.1, 0.15) is 36.6 Å². The fourth-order valence-electron chi connectivity index (χ4n) is 3.73. The molecule has 0 aliphatic heterocycles. The molecule has 0 spiro atoms. The molecular formula is C21H23N3O2. The predicted octanol–water partition coefficient (Wildman–Crippen LogP) is 3.12. The Kier molecular flexibility index (Phi) is 4.71. The summed E-state index contributed by atoms with van der Waals surface area (Å²) in [5.41, 5.74) is 3.12. The van der Waals surface area contributed by atoms with E-state index in [2.05, 4.69) is 21.4 Å². The molecule has 0 saturated heterocycles. The molecular weight excluding hydrogens is 326 g/mol. The second-order valence-corrected chi connectivity index (χ2v) is 7.04. The first-order chi connectivity index (χ1) is 12.7. The highest BCUT2D eigenvalue weighted by Crippen LogP contribution is 2.37. The van der Waals surface area contributed by atoms with Crippen LogP contribution in [0.2, 0.25) is 0 Å². The van der Waals surface area contributed by atoms with E-state index < -0.39 is 0 Å². The molecule has 0 radical (unpaired) electrons. The van der Waals surface area contributed by atoms with Crippen molar-refractivity contribution in [1.29, 1.82) is 0 Å². The summed E-state index contributed by atoms with van der Waals surface area (Å²) in [4.78, 5) is 20.2. The molecule has 0 bridgehead atoms. The number of carbonyl (C=O) groups excluding carboxylic acids is 1. The van der Waals surface area contributed by atoms with Crippen LogP contribution in [0.15, 0.2) is 54.9 Å². The molecule has 1 saturated carbocycles. The Morgan fingerprint density at radius 2 is 2.04 bits per heavy atom. The first kappa shape index (κ1) is 16.8. The minimum atomic E-state index is -0.255. The summed E-state index contributed by atoms with van der Waals surface area (Å²) in [6, 6.07) is 13.7. The number of hydrogen-bond acceptors (Lipinski definition) is 3. The van der Waals surface area contributed by atoms with E-state index in [4.69, 9.17) is 0 Å². The van der Waals surface area contributed by atoms with Gasteiger partial charge in [0, 0.05) is 29.7 Å². The fraction of sp³-hybridized carbons (Fsp3) is 0.333. The Balaban J connectivity index is 1.42. The van der Waals surface area contributed by atoms with Gasteiger partial charge in [-0.3, -0.25) is 9.78 Å². The molecule has 134 valence electrons. The SMILES string of the molecule is O=C(CCc1c[nH]c2ccccc12)N[C@@H](c1ccccn1)C1CC(O)C1. The van der Waals surface area contributed by atoms with Crippen LogP contribution in [0.4, 0.5) is 0 Å². The van der Waals surface area contributed by atoms with Crippen LogP contribution in [-0.2, 0) is 11.2 Å². The Morgan fingerprint density at radius 3 is 2.81 bits per heavy atom. The van der Waals surface area contributed by atoms with Crippen LogP contribution in [0.5, 0.6) is 0 Å². The summed E-state index contributed by atoms with van der Waals surface area (Å²) in [6.07, 6.45) is 6.02. The predicted molar refractivity (Wildman–Crippen MR) is 100 cm³/mol. The maximum Gasteiger partial charge on any atom is 0.220 e. The topological polar surface area (TPSA) is 78.0 Å². The van der Waals surface area contributed by atoms with E-state index in [1.54, 1.807) is 6.20 Å². The number of benzene rings is 1. The summed E-state index contributed by atoms with van der Waals surface area (Å²) in [7, 11) is 0. The number of aliphatic hydroxyl groups excluding tert-OH is 1. The lowest BCUT2D eigenvalue weighted by molar-refractivity contribution is -0.123. The molecule has 5 heteroatoms. The average Bonchev–Trinajstić information content (AvgIpc) is 3.06. The highest BCUT2D eigenvalue weighted by molar-refractivity contribution is 5.84. The lowest BCUT2D eigenvalue weighted by atomic mass is 9.76. The molecule has 4 rings (SSSR count). The van der Waals surface area contributed by atoms with Gasteiger partial charge in [0.15, 0.2) is 0 Å². The van der Waals surface area contributed by atoms with Gasteiger partial charge < -0.3 is 15.4 Å². The molecule has 26 heavy (non-hydrogen) atoms. The van der Waals surface area contributed by atoms with E-state index in [1.807, 2.05) is 42.6 Å². The molecule has 1 aliphatic rings. The minimum absolute atomic E-state index is 0.0207. The molecule has 1 fully saturated rings. The summed E-state index contributed by atoms with van der Waals surface area (Å²) < 4.78 is 0. The van der Waals surface area contributed by atoms with Crippen LogP contribution < -0.4 is 5.32 Å². The van der Waals surface area contributed by atoms with Crippen molar-refractivity contribution in [2.24, 2.45) is 5.92 Å². The number of hydrogen-bond donors (Lipinski definition) is 3. The van der Waals surface area contributed by atoms with Crippen LogP contribution in [0.25, 0.3) is 10.9 Å². The van der Waals surface area contributed by atoms with Gasteiger partial charge in [-0.15, -0.1) is 0 Å². The van der Waals surface area contributed by atoms with Crippen LogP contribution in [0, 0.1) is 5.92 Å². The van der Waals surface area contributed by atoms with Gasteiger partial charge in [-0.05, 0) is 48.9 Å². The van der Waals surface area contributed by atoms with Gasteiger partial charge in [-0.1, -0.05) is 24.3 Å². The number of aryl methyl sites for hydroxylation is 1. The zero-order valence-electron chi connectivity index (χ0n) is 14.6. The number of amides is 1. The van der Waals surface area contributed by atoms with Crippen LogP contribution >= 0.6 is 0 Å². The maximum atomic E-state index is 12.6. The molecule has 5 nitrogen and oxygen atoms in total. The van der Waals surface area contributed by atoms with Gasteiger partial charge in [-0.25, -0.2) is 0 Å². The van der Waals surface area contributed by atoms with Gasteiger partial charge in [0.25, 0.3) is 0 Å². The molecule has 3 aromatic rings. The summed E-state index contributed by atoms with van der Waals surface area (Å²) in [6.45, 7) is 0. The Morgan fingerprint density at radius 1 is 1.23 bits per heavy atom. The molecule has 3 N–H and O–H groups in total. The van der Waals surface area contributed by atoms with Gasteiger partial charge in [-0.2, -0.15) is 0 Å². The van der Waals surface area contributed by atoms with Crippen molar-refractivity contribution in [2.75, 3.05) is 0 Å². The molecule has 1 aliphatic carbocycles. The maximum absolute atomic E-state index is 12.6. The van der Waals surface area contributed by atoms with Gasteiger partial charge in [0.05, 0.1) is 17.8 Å². The molecule has 2 aromatic heterocycles. The number of nitrogens with one attached hydrogen (secondary N) is 2. The van der Waals surface area contributed by atoms with Gasteiger partial charge in [0.1, 0.15) is 0 Å². The largest absolute Gasteiger partial charge is 0.393 e. The number of nitrogens with zero attached hydrogens (tertiary/aromatic N) is 1. The number of carbonyl (C=O) groups is 1. The van der Waals surface area contributed by atoms with Gasteiger partial charge in [0.2, 0.25) is 5.91 Å². The molecule has 0 unspecified atom stereocenters. The van der Waals surface area contributed by atoms with E-state index in [9.17, 15) is 9.90 Å². The lowest BCUT2D eigenvalue weighted by Crippen LogP contribution is -2.41. The third-order valence-corrected chi connectivity index (χ3v) is 5.24. The zero-order valence-corrected chi connectivity index (χ0v) is 14.6. The van der Waals surface area contributed by atoms with Crippen molar-refractivity contribution in [3.63, 3.8) is 0 Å².